The van der Waals surface area contributed by atoms with Gasteiger partial charge in [0.15, 0.2) is 0 Å². The minimum absolute atomic E-state index is 0.00281. The monoisotopic (exact) mass is 534 g/mol. The van der Waals surface area contributed by atoms with Gasteiger partial charge in [0.05, 0.1) is 0 Å². The second-order valence-electron chi connectivity index (χ2n) is 13.0. The first kappa shape index (κ1) is 32.8. The fourth-order valence-electron chi connectivity index (χ4n) is 7.79. The van der Waals surface area contributed by atoms with Crippen LogP contribution in [0, 0.1) is 11.8 Å². The lowest BCUT2D eigenvalue weighted by molar-refractivity contribution is -0.145. The number of nitrogens with zero attached hydrogens (tertiary/aromatic N) is 2. The van der Waals surface area contributed by atoms with E-state index in [4.69, 9.17) is 9.47 Å². The number of hydrogen-bond donors (Lipinski definition) is 0. The molecule has 0 spiro atoms. The van der Waals surface area contributed by atoms with Gasteiger partial charge in [0, 0.05) is 49.1 Å². The molecule has 2 saturated heterocycles. The third-order valence-electron chi connectivity index (χ3n) is 11.2. The highest BCUT2D eigenvalue weighted by Crippen LogP contribution is 2.55. The molecular weight excluding hydrogens is 476 g/mol. The average Bonchev–Trinajstić information content (AvgIpc) is 2.87. The van der Waals surface area contributed by atoms with Crippen molar-refractivity contribution in [2.45, 2.75) is 144 Å². The summed E-state index contributed by atoms with van der Waals surface area (Å²) in [5.41, 5.74) is 3.24. The Morgan fingerprint density at radius 1 is 0.684 bits per heavy atom. The predicted molar refractivity (Wildman–Crippen MR) is 156 cm³/mol. The maximum absolute atomic E-state index is 11.5. The first-order valence-corrected chi connectivity index (χ1v) is 15.1. The van der Waals surface area contributed by atoms with Gasteiger partial charge in [-0.05, 0) is 78.1 Å². The predicted octanol–water partition coefficient (Wildman–Crippen LogP) is 6.77. The second-order valence-corrected chi connectivity index (χ2v) is 13.0. The molecule has 2 fully saturated rings. The zero-order valence-electron chi connectivity index (χ0n) is 26.8. The first-order chi connectivity index (χ1) is 17.6. The van der Waals surface area contributed by atoms with Gasteiger partial charge in [-0.3, -0.25) is 19.4 Å². The summed E-state index contributed by atoms with van der Waals surface area (Å²) < 4.78 is 10.9. The van der Waals surface area contributed by atoms with Gasteiger partial charge in [0.1, 0.15) is 13.2 Å². The molecule has 0 bridgehead atoms. The van der Waals surface area contributed by atoms with Gasteiger partial charge >= 0.3 is 11.9 Å². The van der Waals surface area contributed by atoms with E-state index < -0.39 is 0 Å². The number of carbonyl (C=O) groups is 2. The van der Waals surface area contributed by atoms with Crippen LogP contribution in [0.25, 0.3) is 0 Å². The summed E-state index contributed by atoms with van der Waals surface area (Å²) in [5.74, 6) is 0.385. The fraction of sp³-hybridized carbons (Fsp3) is 0.875. The van der Waals surface area contributed by atoms with Gasteiger partial charge in [-0.2, -0.15) is 0 Å². The number of likely N-dealkylation sites (tertiary alicyclic amines) is 2. The summed E-state index contributed by atoms with van der Waals surface area (Å²) in [6.07, 6.45) is 6.27. The summed E-state index contributed by atoms with van der Waals surface area (Å²) in [6.45, 7) is 29.2. The number of ether oxygens (including phenoxy) is 2. The van der Waals surface area contributed by atoms with Crippen LogP contribution in [0.1, 0.15) is 122 Å². The SMILES string of the molecule is CCC1(C)CC(=C2CC(C)(CC)N(CCOC(C)=O)C(C)(CC)C2C)C(C)C(C)(CC)N1CCOC(C)=O. The lowest BCUT2D eigenvalue weighted by Crippen LogP contribution is -2.67. The Hall–Kier alpha value is -1.40. The fourth-order valence-corrected chi connectivity index (χ4v) is 7.79. The van der Waals surface area contributed by atoms with E-state index in [-0.39, 0.29) is 34.1 Å². The Kier molecular flexibility index (Phi) is 10.7. The molecule has 220 valence electrons. The molecule has 0 radical (unpaired) electrons. The summed E-state index contributed by atoms with van der Waals surface area (Å²) in [7, 11) is 0. The average molecular weight is 535 g/mol. The molecule has 0 aliphatic carbocycles. The highest BCUT2D eigenvalue weighted by atomic mass is 16.5. The molecule has 6 heteroatoms. The number of carbonyl (C=O) groups excluding carboxylic acids is 2. The Morgan fingerprint density at radius 2 is 1.00 bits per heavy atom. The maximum Gasteiger partial charge on any atom is 0.302 e. The van der Waals surface area contributed by atoms with Crippen LogP contribution in [0.4, 0.5) is 0 Å². The minimum Gasteiger partial charge on any atom is -0.465 e. The van der Waals surface area contributed by atoms with Crippen LogP contribution in [0.5, 0.6) is 0 Å². The molecule has 6 unspecified atom stereocenters. The summed E-state index contributed by atoms with van der Waals surface area (Å²) in [4.78, 5) is 28.4. The summed E-state index contributed by atoms with van der Waals surface area (Å²) >= 11 is 0. The van der Waals surface area contributed by atoms with Gasteiger partial charge in [-0.25, -0.2) is 0 Å². The van der Waals surface area contributed by atoms with Crippen molar-refractivity contribution >= 4 is 11.9 Å². The van der Waals surface area contributed by atoms with E-state index in [0.29, 0.717) is 25.0 Å². The van der Waals surface area contributed by atoms with E-state index in [1.165, 1.54) is 13.8 Å². The molecule has 2 rings (SSSR count). The van der Waals surface area contributed by atoms with Crippen molar-refractivity contribution in [2.24, 2.45) is 11.8 Å². The molecule has 38 heavy (non-hydrogen) atoms. The number of hydrogen-bond acceptors (Lipinski definition) is 6. The van der Waals surface area contributed by atoms with Crippen molar-refractivity contribution < 1.29 is 19.1 Å². The molecule has 6 atom stereocenters. The van der Waals surface area contributed by atoms with Crippen molar-refractivity contribution in [1.82, 2.24) is 9.80 Å². The molecule has 2 heterocycles. The van der Waals surface area contributed by atoms with Gasteiger partial charge in [0.2, 0.25) is 0 Å². The van der Waals surface area contributed by atoms with E-state index in [1.54, 1.807) is 11.1 Å². The van der Waals surface area contributed by atoms with Crippen LogP contribution in [0.15, 0.2) is 11.1 Å². The Bertz CT molecular complexity index is 817. The Morgan fingerprint density at radius 3 is 1.24 bits per heavy atom. The van der Waals surface area contributed by atoms with E-state index in [2.05, 4.69) is 79.0 Å². The van der Waals surface area contributed by atoms with Crippen molar-refractivity contribution in [3.05, 3.63) is 11.1 Å². The third kappa shape index (κ3) is 6.01. The van der Waals surface area contributed by atoms with Crippen LogP contribution in [0.3, 0.4) is 0 Å². The van der Waals surface area contributed by atoms with Crippen molar-refractivity contribution in [2.75, 3.05) is 26.3 Å². The molecule has 0 saturated carbocycles. The van der Waals surface area contributed by atoms with E-state index >= 15 is 0 Å². The molecule has 0 N–H and O–H groups in total. The van der Waals surface area contributed by atoms with Gasteiger partial charge in [-0.15, -0.1) is 0 Å². The quantitative estimate of drug-likeness (QED) is 0.228. The Labute approximate surface area is 233 Å². The smallest absolute Gasteiger partial charge is 0.302 e. The molecule has 2 aliphatic rings. The van der Waals surface area contributed by atoms with E-state index in [1.807, 2.05) is 0 Å². The zero-order chi connectivity index (χ0) is 29.1. The summed E-state index contributed by atoms with van der Waals surface area (Å²) in [6, 6.07) is 0. The normalized spacial score (nSPS) is 38.7. The largest absolute Gasteiger partial charge is 0.465 e. The number of rotatable bonds is 10. The molecule has 6 nitrogen and oxygen atoms in total. The van der Waals surface area contributed by atoms with Crippen molar-refractivity contribution in [3.63, 3.8) is 0 Å². The summed E-state index contributed by atoms with van der Waals surface area (Å²) in [5, 5.41) is 0. The minimum atomic E-state index is -0.207. The second kappa shape index (κ2) is 12.4. The molecular formula is C32H58N2O4. The number of piperidine rings is 2. The van der Waals surface area contributed by atoms with Gasteiger partial charge in [-0.1, -0.05) is 52.7 Å². The maximum atomic E-state index is 11.5. The molecule has 0 aromatic heterocycles. The van der Waals surface area contributed by atoms with Crippen LogP contribution in [-0.2, 0) is 19.1 Å². The molecule has 2 aliphatic heterocycles. The van der Waals surface area contributed by atoms with Gasteiger partial charge < -0.3 is 9.47 Å². The van der Waals surface area contributed by atoms with Crippen molar-refractivity contribution in [1.29, 1.82) is 0 Å². The first-order valence-electron chi connectivity index (χ1n) is 15.1. The van der Waals surface area contributed by atoms with Crippen LogP contribution in [0.2, 0.25) is 0 Å². The van der Waals surface area contributed by atoms with Gasteiger partial charge in [0.25, 0.3) is 0 Å². The molecule has 0 amide bonds. The topological polar surface area (TPSA) is 59.1 Å². The zero-order valence-corrected chi connectivity index (χ0v) is 26.8. The molecule has 0 aromatic carbocycles. The lowest BCUT2D eigenvalue weighted by Gasteiger charge is -2.63. The van der Waals surface area contributed by atoms with E-state index in [9.17, 15) is 9.59 Å². The van der Waals surface area contributed by atoms with E-state index in [0.717, 1.165) is 51.6 Å². The van der Waals surface area contributed by atoms with Crippen LogP contribution in [-0.4, -0.2) is 70.2 Å². The van der Waals surface area contributed by atoms with Crippen LogP contribution < -0.4 is 0 Å². The van der Waals surface area contributed by atoms with Crippen LogP contribution >= 0.6 is 0 Å². The number of esters is 2. The highest BCUT2D eigenvalue weighted by Gasteiger charge is 2.55. The lowest BCUT2D eigenvalue weighted by atomic mass is 9.60. The Balaban J connectivity index is 2.61. The third-order valence-corrected chi connectivity index (χ3v) is 11.2. The highest BCUT2D eigenvalue weighted by molar-refractivity contribution is 5.66. The molecule has 0 aromatic rings. The van der Waals surface area contributed by atoms with Crippen molar-refractivity contribution in [3.8, 4) is 0 Å². The standard InChI is InChI=1S/C32H58N2O4/c1-13-29(9)21-27(23(5)31(11,15-3)33(29)17-19-37-25(7)35)28-22-30(10,14-2)34(18-20-38-26(8)36)32(12,16-4)24(28)6/h23-24H,13-22H2,1-12H3.